The van der Waals surface area contributed by atoms with Crippen LogP contribution in [0.4, 0.5) is 10.1 Å². The molecular formula is C19H22FN3O2. The summed E-state index contributed by atoms with van der Waals surface area (Å²) in [5.41, 5.74) is 1.49. The maximum absolute atomic E-state index is 13.1. The van der Waals surface area contributed by atoms with E-state index in [0.29, 0.717) is 5.69 Å². The Morgan fingerprint density at radius 3 is 2.36 bits per heavy atom. The Labute approximate surface area is 146 Å². The SMILES string of the molecule is COc1ccc(C(C(=O)Nc2ccc(F)cc2)N2CCNCC2)cc1. The van der Waals surface area contributed by atoms with Crippen molar-refractivity contribution >= 4 is 11.6 Å². The number of methoxy groups -OCH3 is 1. The lowest BCUT2D eigenvalue weighted by molar-refractivity contribution is -0.121. The Morgan fingerprint density at radius 1 is 1.12 bits per heavy atom. The summed E-state index contributed by atoms with van der Waals surface area (Å²) in [5.74, 6) is 0.298. The van der Waals surface area contributed by atoms with Crippen molar-refractivity contribution in [1.82, 2.24) is 10.2 Å². The second-order valence-electron chi connectivity index (χ2n) is 5.96. The van der Waals surface area contributed by atoms with E-state index in [9.17, 15) is 9.18 Å². The topological polar surface area (TPSA) is 53.6 Å². The van der Waals surface area contributed by atoms with Gasteiger partial charge < -0.3 is 15.4 Å². The molecule has 1 amide bonds. The second-order valence-corrected chi connectivity index (χ2v) is 5.96. The lowest BCUT2D eigenvalue weighted by Gasteiger charge is -2.34. The van der Waals surface area contributed by atoms with Crippen molar-refractivity contribution in [3.8, 4) is 5.75 Å². The highest BCUT2D eigenvalue weighted by Gasteiger charge is 2.28. The molecule has 3 rings (SSSR count). The first kappa shape index (κ1) is 17.4. The minimum atomic E-state index is -0.405. The second kappa shape index (κ2) is 8.09. The molecule has 2 aromatic rings. The van der Waals surface area contributed by atoms with Crippen LogP contribution in [0.2, 0.25) is 0 Å². The smallest absolute Gasteiger partial charge is 0.246 e. The van der Waals surface area contributed by atoms with Gasteiger partial charge in [-0.1, -0.05) is 12.1 Å². The predicted octanol–water partition coefficient (Wildman–Crippen LogP) is 2.42. The molecule has 1 unspecified atom stereocenters. The predicted molar refractivity (Wildman–Crippen MR) is 95.2 cm³/mol. The zero-order valence-electron chi connectivity index (χ0n) is 14.2. The number of nitrogens with one attached hydrogen (secondary N) is 2. The number of piperazine rings is 1. The van der Waals surface area contributed by atoms with Gasteiger partial charge in [-0.05, 0) is 42.0 Å². The van der Waals surface area contributed by atoms with Crippen LogP contribution in [-0.4, -0.2) is 44.1 Å². The lowest BCUT2D eigenvalue weighted by Crippen LogP contribution is -2.48. The fourth-order valence-electron chi connectivity index (χ4n) is 3.00. The summed E-state index contributed by atoms with van der Waals surface area (Å²) in [6.45, 7) is 3.26. The number of amides is 1. The van der Waals surface area contributed by atoms with Crippen LogP contribution in [0.1, 0.15) is 11.6 Å². The zero-order chi connectivity index (χ0) is 17.6. The van der Waals surface area contributed by atoms with Gasteiger partial charge in [0.05, 0.1) is 7.11 Å². The molecule has 1 atom stereocenters. The molecule has 2 N–H and O–H groups in total. The van der Waals surface area contributed by atoms with Crippen LogP contribution in [-0.2, 0) is 4.79 Å². The van der Waals surface area contributed by atoms with E-state index in [1.165, 1.54) is 12.1 Å². The number of nitrogens with zero attached hydrogens (tertiary/aromatic N) is 1. The third kappa shape index (κ3) is 4.35. The number of hydrogen-bond donors (Lipinski definition) is 2. The van der Waals surface area contributed by atoms with Gasteiger partial charge in [0, 0.05) is 31.9 Å². The molecule has 25 heavy (non-hydrogen) atoms. The van der Waals surface area contributed by atoms with Crippen molar-refractivity contribution in [1.29, 1.82) is 0 Å². The Kier molecular flexibility index (Phi) is 5.63. The quantitative estimate of drug-likeness (QED) is 0.875. The first-order valence-electron chi connectivity index (χ1n) is 8.32. The van der Waals surface area contributed by atoms with Crippen molar-refractivity contribution in [2.24, 2.45) is 0 Å². The van der Waals surface area contributed by atoms with Crippen LogP contribution in [0.3, 0.4) is 0 Å². The van der Waals surface area contributed by atoms with Crippen LogP contribution in [0.5, 0.6) is 5.75 Å². The molecule has 0 spiro atoms. The molecule has 0 aromatic heterocycles. The van der Waals surface area contributed by atoms with E-state index in [4.69, 9.17) is 4.74 Å². The summed E-state index contributed by atoms with van der Waals surface area (Å²) >= 11 is 0. The summed E-state index contributed by atoms with van der Waals surface area (Å²) in [7, 11) is 1.62. The van der Waals surface area contributed by atoms with Gasteiger partial charge in [-0.15, -0.1) is 0 Å². The molecule has 0 bridgehead atoms. The Bertz CT molecular complexity index is 698. The van der Waals surface area contributed by atoms with E-state index in [0.717, 1.165) is 37.5 Å². The number of halogens is 1. The maximum atomic E-state index is 13.1. The molecular weight excluding hydrogens is 321 g/mol. The third-order valence-electron chi connectivity index (χ3n) is 4.31. The molecule has 1 heterocycles. The normalized spacial score (nSPS) is 16.2. The Hall–Kier alpha value is -2.44. The minimum absolute atomic E-state index is 0.126. The molecule has 6 heteroatoms. The van der Waals surface area contributed by atoms with E-state index in [-0.39, 0.29) is 11.7 Å². The molecule has 0 aliphatic carbocycles. The van der Waals surface area contributed by atoms with Gasteiger partial charge in [0.1, 0.15) is 17.6 Å². The highest BCUT2D eigenvalue weighted by Crippen LogP contribution is 2.25. The van der Waals surface area contributed by atoms with Gasteiger partial charge in [-0.25, -0.2) is 4.39 Å². The first-order valence-corrected chi connectivity index (χ1v) is 8.32. The van der Waals surface area contributed by atoms with E-state index in [2.05, 4.69) is 15.5 Å². The first-order chi connectivity index (χ1) is 12.2. The summed E-state index contributed by atoms with van der Waals surface area (Å²) in [6, 6.07) is 12.9. The molecule has 0 saturated carbocycles. The number of hydrogen-bond acceptors (Lipinski definition) is 4. The fourth-order valence-corrected chi connectivity index (χ4v) is 3.00. The zero-order valence-corrected chi connectivity index (χ0v) is 14.2. The van der Waals surface area contributed by atoms with Crippen molar-refractivity contribution in [3.05, 3.63) is 59.9 Å². The maximum Gasteiger partial charge on any atom is 0.246 e. The summed E-state index contributed by atoms with van der Waals surface area (Å²) < 4.78 is 18.3. The van der Waals surface area contributed by atoms with Crippen molar-refractivity contribution in [2.45, 2.75) is 6.04 Å². The molecule has 1 saturated heterocycles. The number of carbonyl (C=O) groups excluding carboxylic acids is 1. The molecule has 132 valence electrons. The van der Waals surface area contributed by atoms with E-state index >= 15 is 0 Å². The molecule has 1 aliphatic rings. The Balaban J connectivity index is 1.83. The third-order valence-corrected chi connectivity index (χ3v) is 4.31. The van der Waals surface area contributed by atoms with Crippen molar-refractivity contribution in [3.63, 3.8) is 0 Å². The van der Waals surface area contributed by atoms with Gasteiger partial charge in [-0.3, -0.25) is 9.69 Å². The summed E-state index contributed by atoms with van der Waals surface area (Å²) in [5, 5.41) is 6.19. The number of carbonyl (C=O) groups is 1. The van der Waals surface area contributed by atoms with Gasteiger partial charge in [0.15, 0.2) is 0 Å². The Morgan fingerprint density at radius 2 is 1.76 bits per heavy atom. The van der Waals surface area contributed by atoms with Crippen LogP contribution in [0, 0.1) is 5.82 Å². The highest BCUT2D eigenvalue weighted by molar-refractivity contribution is 5.95. The average molecular weight is 343 g/mol. The van der Waals surface area contributed by atoms with Gasteiger partial charge in [0.25, 0.3) is 0 Å². The van der Waals surface area contributed by atoms with Crippen LogP contribution in [0.15, 0.2) is 48.5 Å². The number of benzene rings is 2. The van der Waals surface area contributed by atoms with Gasteiger partial charge in [0.2, 0.25) is 5.91 Å². The van der Waals surface area contributed by atoms with Gasteiger partial charge in [-0.2, -0.15) is 0 Å². The summed E-state index contributed by atoms with van der Waals surface area (Å²) in [6.07, 6.45) is 0. The number of rotatable bonds is 5. The fraction of sp³-hybridized carbons (Fsp3) is 0.316. The molecule has 1 fully saturated rings. The molecule has 2 aromatic carbocycles. The van der Waals surface area contributed by atoms with Crippen molar-refractivity contribution in [2.75, 3.05) is 38.6 Å². The highest BCUT2D eigenvalue weighted by atomic mass is 19.1. The summed E-state index contributed by atoms with van der Waals surface area (Å²) in [4.78, 5) is 15.1. The average Bonchev–Trinajstić information content (AvgIpc) is 2.65. The van der Waals surface area contributed by atoms with Crippen molar-refractivity contribution < 1.29 is 13.9 Å². The van der Waals surface area contributed by atoms with Gasteiger partial charge >= 0.3 is 0 Å². The molecule has 5 nitrogen and oxygen atoms in total. The lowest BCUT2D eigenvalue weighted by atomic mass is 10.0. The van der Waals surface area contributed by atoms with E-state index in [1.54, 1.807) is 19.2 Å². The number of ether oxygens (including phenoxy) is 1. The van der Waals surface area contributed by atoms with E-state index < -0.39 is 6.04 Å². The monoisotopic (exact) mass is 343 g/mol. The standard InChI is InChI=1S/C19H22FN3O2/c1-25-17-8-2-14(3-9-17)18(23-12-10-21-11-13-23)19(24)22-16-6-4-15(20)5-7-16/h2-9,18,21H,10-13H2,1H3,(H,22,24). The van der Waals surface area contributed by atoms with Crippen LogP contribution < -0.4 is 15.4 Å². The molecule has 0 radical (unpaired) electrons. The molecule has 1 aliphatic heterocycles. The van der Waals surface area contributed by atoms with Crippen LogP contribution >= 0.6 is 0 Å². The van der Waals surface area contributed by atoms with Crippen LogP contribution in [0.25, 0.3) is 0 Å². The largest absolute Gasteiger partial charge is 0.497 e. The number of anilines is 1. The van der Waals surface area contributed by atoms with E-state index in [1.807, 2.05) is 24.3 Å². The minimum Gasteiger partial charge on any atom is -0.497 e.